The third kappa shape index (κ3) is 3.81. The summed E-state index contributed by atoms with van der Waals surface area (Å²) in [6.07, 6.45) is 0. The molecule has 0 bridgehead atoms. The van der Waals surface area contributed by atoms with Crippen LogP contribution in [0.5, 0.6) is 5.88 Å². The Bertz CT molecular complexity index is 579. The van der Waals surface area contributed by atoms with Crippen LogP contribution in [-0.2, 0) is 4.74 Å². The molecular formula is C15H21N3O2. The number of anilines is 1. The zero-order valence-electron chi connectivity index (χ0n) is 12.4. The monoisotopic (exact) mass is 275 g/mol. The van der Waals surface area contributed by atoms with Crippen molar-refractivity contribution in [1.82, 2.24) is 9.97 Å². The van der Waals surface area contributed by atoms with Crippen molar-refractivity contribution < 1.29 is 9.47 Å². The van der Waals surface area contributed by atoms with E-state index in [0.29, 0.717) is 25.0 Å². The summed E-state index contributed by atoms with van der Waals surface area (Å²) in [5.74, 6) is 1.13. The number of aromatic nitrogens is 2. The van der Waals surface area contributed by atoms with Gasteiger partial charge in [0.25, 0.3) is 0 Å². The van der Waals surface area contributed by atoms with Crippen molar-refractivity contribution in [2.75, 3.05) is 25.6 Å². The van der Waals surface area contributed by atoms with Crippen molar-refractivity contribution in [2.24, 2.45) is 0 Å². The van der Waals surface area contributed by atoms with Crippen molar-refractivity contribution >= 4 is 16.9 Å². The van der Waals surface area contributed by atoms with E-state index >= 15 is 0 Å². The summed E-state index contributed by atoms with van der Waals surface area (Å²) in [6.45, 7) is 7.04. The SMILES string of the molecule is CNc1nc(OCCOC(C)(C)C)c2ccccc2n1. The molecule has 0 spiro atoms. The Morgan fingerprint density at radius 3 is 2.55 bits per heavy atom. The molecule has 0 saturated carbocycles. The zero-order chi connectivity index (χ0) is 14.6. The summed E-state index contributed by atoms with van der Waals surface area (Å²) in [7, 11) is 1.79. The average molecular weight is 275 g/mol. The Hall–Kier alpha value is -1.88. The number of nitrogens with zero attached hydrogens (tertiary/aromatic N) is 2. The highest BCUT2D eigenvalue weighted by molar-refractivity contribution is 5.84. The number of hydrogen-bond acceptors (Lipinski definition) is 5. The molecule has 5 heteroatoms. The van der Waals surface area contributed by atoms with Crippen LogP contribution in [0.2, 0.25) is 0 Å². The van der Waals surface area contributed by atoms with E-state index in [4.69, 9.17) is 9.47 Å². The first-order valence-corrected chi connectivity index (χ1v) is 6.71. The molecule has 0 saturated heterocycles. The molecule has 1 N–H and O–H groups in total. The van der Waals surface area contributed by atoms with Crippen LogP contribution < -0.4 is 10.1 Å². The van der Waals surface area contributed by atoms with Gasteiger partial charge in [-0.15, -0.1) is 0 Å². The summed E-state index contributed by atoms with van der Waals surface area (Å²) in [4.78, 5) is 8.74. The molecule has 0 radical (unpaired) electrons. The van der Waals surface area contributed by atoms with Gasteiger partial charge in [-0.25, -0.2) is 4.98 Å². The molecule has 1 aromatic carbocycles. The van der Waals surface area contributed by atoms with Gasteiger partial charge in [0.05, 0.1) is 23.1 Å². The van der Waals surface area contributed by atoms with Gasteiger partial charge in [0, 0.05) is 7.05 Å². The molecule has 0 aliphatic carbocycles. The second-order valence-electron chi connectivity index (χ2n) is 5.43. The topological polar surface area (TPSA) is 56.3 Å². The number of benzene rings is 1. The van der Waals surface area contributed by atoms with Crippen molar-refractivity contribution in [1.29, 1.82) is 0 Å². The zero-order valence-corrected chi connectivity index (χ0v) is 12.4. The summed E-state index contributed by atoms with van der Waals surface area (Å²) >= 11 is 0. The molecule has 1 heterocycles. The highest BCUT2D eigenvalue weighted by atomic mass is 16.5. The molecule has 0 amide bonds. The number of para-hydroxylation sites is 1. The Morgan fingerprint density at radius 2 is 1.85 bits per heavy atom. The molecular weight excluding hydrogens is 254 g/mol. The van der Waals surface area contributed by atoms with E-state index in [9.17, 15) is 0 Å². The van der Waals surface area contributed by atoms with Gasteiger partial charge in [-0.05, 0) is 32.9 Å². The van der Waals surface area contributed by atoms with Crippen molar-refractivity contribution in [3.63, 3.8) is 0 Å². The lowest BCUT2D eigenvalue weighted by Gasteiger charge is -2.19. The van der Waals surface area contributed by atoms with Crippen LogP contribution in [0.1, 0.15) is 20.8 Å². The van der Waals surface area contributed by atoms with E-state index in [1.807, 2.05) is 45.0 Å². The average Bonchev–Trinajstić information content (AvgIpc) is 2.42. The summed E-state index contributed by atoms with van der Waals surface area (Å²) in [5, 5.41) is 3.85. The van der Waals surface area contributed by atoms with Crippen LogP contribution in [0, 0.1) is 0 Å². The lowest BCUT2D eigenvalue weighted by molar-refractivity contribution is -0.0166. The largest absolute Gasteiger partial charge is 0.475 e. The van der Waals surface area contributed by atoms with Crippen LogP contribution in [0.15, 0.2) is 24.3 Å². The Kier molecular flexibility index (Phi) is 4.39. The van der Waals surface area contributed by atoms with Gasteiger partial charge in [0.1, 0.15) is 6.61 Å². The van der Waals surface area contributed by atoms with Gasteiger partial charge < -0.3 is 14.8 Å². The fourth-order valence-corrected chi connectivity index (χ4v) is 1.76. The number of fused-ring (bicyclic) bond motifs is 1. The first kappa shape index (κ1) is 14.5. The molecule has 5 nitrogen and oxygen atoms in total. The smallest absolute Gasteiger partial charge is 0.226 e. The normalized spacial score (nSPS) is 11.6. The number of rotatable bonds is 5. The second-order valence-corrected chi connectivity index (χ2v) is 5.43. The van der Waals surface area contributed by atoms with Gasteiger partial charge in [-0.2, -0.15) is 4.98 Å². The summed E-state index contributed by atoms with van der Waals surface area (Å²) < 4.78 is 11.4. The molecule has 1 aromatic heterocycles. The van der Waals surface area contributed by atoms with Gasteiger partial charge in [0.15, 0.2) is 0 Å². The standard InChI is InChI=1S/C15H21N3O2/c1-15(2,3)20-10-9-19-13-11-7-5-6-8-12(11)17-14(16-4)18-13/h5-8H,9-10H2,1-4H3,(H,16,17,18). The third-order valence-corrected chi connectivity index (χ3v) is 2.65. The molecule has 0 aliphatic heterocycles. The molecule has 0 fully saturated rings. The van der Waals surface area contributed by atoms with Crippen LogP contribution >= 0.6 is 0 Å². The predicted molar refractivity (Wildman–Crippen MR) is 80.3 cm³/mol. The molecule has 0 unspecified atom stereocenters. The highest BCUT2D eigenvalue weighted by Gasteiger charge is 2.11. The van der Waals surface area contributed by atoms with E-state index in [2.05, 4.69) is 15.3 Å². The van der Waals surface area contributed by atoms with E-state index in [1.54, 1.807) is 7.05 Å². The molecule has 108 valence electrons. The molecule has 0 aliphatic rings. The number of hydrogen-bond donors (Lipinski definition) is 1. The lowest BCUT2D eigenvalue weighted by Crippen LogP contribution is -2.22. The minimum absolute atomic E-state index is 0.159. The third-order valence-electron chi connectivity index (χ3n) is 2.65. The first-order chi connectivity index (χ1) is 9.49. The lowest BCUT2D eigenvalue weighted by atomic mass is 10.2. The van der Waals surface area contributed by atoms with E-state index in [1.165, 1.54) is 0 Å². The van der Waals surface area contributed by atoms with Crippen molar-refractivity contribution in [2.45, 2.75) is 26.4 Å². The van der Waals surface area contributed by atoms with E-state index in [-0.39, 0.29) is 5.60 Å². The van der Waals surface area contributed by atoms with Crippen molar-refractivity contribution in [3.05, 3.63) is 24.3 Å². The molecule has 20 heavy (non-hydrogen) atoms. The van der Waals surface area contributed by atoms with Crippen LogP contribution in [0.4, 0.5) is 5.95 Å². The number of nitrogens with one attached hydrogen (secondary N) is 1. The Balaban J connectivity index is 2.12. The highest BCUT2D eigenvalue weighted by Crippen LogP contribution is 2.23. The maximum Gasteiger partial charge on any atom is 0.226 e. The van der Waals surface area contributed by atoms with E-state index < -0.39 is 0 Å². The molecule has 0 atom stereocenters. The minimum atomic E-state index is -0.159. The maximum absolute atomic E-state index is 5.74. The number of ether oxygens (including phenoxy) is 2. The van der Waals surface area contributed by atoms with Gasteiger partial charge >= 0.3 is 0 Å². The van der Waals surface area contributed by atoms with E-state index in [0.717, 1.165) is 10.9 Å². The maximum atomic E-state index is 5.74. The van der Waals surface area contributed by atoms with Crippen LogP contribution in [-0.4, -0.2) is 35.8 Å². The molecule has 2 aromatic rings. The fraction of sp³-hybridized carbons (Fsp3) is 0.467. The Labute approximate surface area is 119 Å². The minimum Gasteiger partial charge on any atom is -0.475 e. The quantitative estimate of drug-likeness (QED) is 0.850. The summed E-state index contributed by atoms with van der Waals surface area (Å²) in [5.41, 5.74) is 0.700. The summed E-state index contributed by atoms with van der Waals surface area (Å²) in [6, 6.07) is 7.79. The van der Waals surface area contributed by atoms with Gasteiger partial charge in [-0.3, -0.25) is 0 Å². The first-order valence-electron chi connectivity index (χ1n) is 6.71. The Morgan fingerprint density at radius 1 is 1.10 bits per heavy atom. The van der Waals surface area contributed by atoms with Crippen LogP contribution in [0.3, 0.4) is 0 Å². The molecule has 2 rings (SSSR count). The van der Waals surface area contributed by atoms with Crippen LogP contribution in [0.25, 0.3) is 10.9 Å². The van der Waals surface area contributed by atoms with Gasteiger partial charge in [0.2, 0.25) is 11.8 Å². The van der Waals surface area contributed by atoms with Gasteiger partial charge in [-0.1, -0.05) is 12.1 Å². The fourth-order valence-electron chi connectivity index (χ4n) is 1.76. The predicted octanol–water partition coefficient (Wildman–Crippen LogP) is 2.87. The second kappa shape index (κ2) is 6.05. The van der Waals surface area contributed by atoms with Crippen molar-refractivity contribution in [3.8, 4) is 5.88 Å².